The minimum atomic E-state index is -4.41. The van der Waals surface area contributed by atoms with E-state index in [1.165, 1.54) is 24.3 Å². The number of nitrogens with two attached hydrogens (primary N) is 1. The van der Waals surface area contributed by atoms with E-state index in [2.05, 4.69) is 0 Å². The number of guanidine groups is 1. The molecule has 1 aliphatic rings. The van der Waals surface area contributed by atoms with Crippen LogP contribution < -0.4 is 14.7 Å². The molecule has 166 valence electrons. The zero-order chi connectivity index (χ0) is 22.6. The first-order valence-corrected chi connectivity index (χ1v) is 11.1. The quantitative estimate of drug-likeness (QED) is 0.216. The number of ether oxygens (including phenoxy) is 1. The van der Waals surface area contributed by atoms with Gasteiger partial charge in [0.1, 0.15) is 11.5 Å². The summed E-state index contributed by atoms with van der Waals surface area (Å²) in [7, 11) is -4.41. The number of hydrogen-bond donors (Lipinski definition) is 2. The summed E-state index contributed by atoms with van der Waals surface area (Å²) in [5, 5.41) is 18.6. The van der Waals surface area contributed by atoms with Crippen LogP contribution in [0.3, 0.4) is 0 Å². The number of rotatable bonds is 7. The van der Waals surface area contributed by atoms with Gasteiger partial charge in [-0.05, 0) is 49.4 Å². The molecule has 0 aromatic heterocycles. The standard InChI is InChI=1S/C20H24N4O6S/c1-14-10-16(29-13-15-6-8-23(9-7-15)20(21)22)12-17(11-14)30-31(27,28)19-5-3-2-4-18(19)24(25)26/h2-5,10-12,15H,6-9,13H2,1H3,(H3,21,22). The van der Waals surface area contributed by atoms with E-state index < -0.39 is 25.6 Å². The predicted octanol–water partition coefficient (Wildman–Crippen LogP) is 2.66. The van der Waals surface area contributed by atoms with E-state index in [0.717, 1.165) is 30.5 Å². The fraction of sp³-hybridized carbons (Fsp3) is 0.350. The van der Waals surface area contributed by atoms with Gasteiger partial charge in [-0.1, -0.05) is 12.1 Å². The van der Waals surface area contributed by atoms with Gasteiger partial charge in [-0.15, -0.1) is 0 Å². The molecule has 0 bridgehead atoms. The third-order valence-electron chi connectivity index (χ3n) is 5.00. The molecule has 0 unspecified atom stereocenters. The molecule has 1 heterocycles. The number of likely N-dealkylation sites (tertiary alicyclic amines) is 1. The van der Waals surface area contributed by atoms with Crippen molar-refractivity contribution in [2.75, 3.05) is 19.7 Å². The molecule has 0 spiro atoms. The maximum atomic E-state index is 12.6. The molecule has 2 aromatic rings. The van der Waals surface area contributed by atoms with Crippen LogP contribution in [0.5, 0.6) is 11.5 Å². The van der Waals surface area contributed by atoms with Crippen molar-refractivity contribution in [3.63, 3.8) is 0 Å². The van der Waals surface area contributed by atoms with Crippen molar-refractivity contribution < 1.29 is 22.3 Å². The third-order valence-corrected chi connectivity index (χ3v) is 6.30. The van der Waals surface area contributed by atoms with E-state index in [4.69, 9.17) is 20.1 Å². The normalized spacial score (nSPS) is 14.8. The van der Waals surface area contributed by atoms with Crippen molar-refractivity contribution in [3.8, 4) is 11.5 Å². The van der Waals surface area contributed by atoms with Crippen LogP contribution in [0.15, 0.2) is 47.4 Å². The number of hydrogen-bond acceptors (Lipinski definition) is 7. The van der Waals surface area contributed by atoms with Gasteiger partial charge >= 0.3 is 10.1 Å². The zero-order valence-corrected chi connectivity index (χ0v) is 17.8. The average Bonchev–Trinajstić information content (AvgIpc) is 2.72. The summed E-state index contributed by atoms with van der Waals surface area (Å²) in [5.74, 6) is 0.817. The summed E-state index contributed by atoms with van der Waals surface area (Å²) >= 11 is 0. The second kappa shape index (κ2) is 9.21. The maximum Gasteiger partial charge on any atom is 0.346 e. The molecule has 0 radical (unpaired) electrons. The van der Waals surface area contributed by atoms with Crippen molar-refractivity contribution in [1.82, 2.24) is 4.90 Å². The van der Waals surface area contributed by atoms with Crippen molar-refractivity contribution in [2.24, 2.45) is 11.7 Å². The van der Waals surface area contributed by atoms with Gasteiger partial charge in [-0.25, -0.2) is 0 Å². The van der Waals surface area contributed by atoms with Gasteiger partial charge in [0.2, 0.25) is 0 Å². The first kappa shape index (κ1) is 22.3. The zero-order valence-electron chi connectivity index (χ0n) is 17.0. The van der Waals surface area contributed by atoms with Crippen LogP contribution in [0.1, 0.15) is 18.4 Å². The summed E-state index contributed by atoms with van der Waals surface area (Å²) in [5.41, 5.74) is 5.67. The van der Waals surface area contributed by atoms with E-state index in [1.54, 1.807) is 13.0 Å². The molecule has 11 heteroatoms. The van der Waals surface area contributed by atoms with Crippen molar-refractivity contribution in [3.05, 3.63) is 58.1 Å². The summed E-state index contributed by atoms with van der Waals surface area (Å²) in [6.45, 7) is 3.59. The van der Waals surface area contributed by atoms with E-state index in [9.17, 15) is 18.5 Å². The Bertz CT molecular complexity index is 1080. The molecule has 31 heavy (non-hydrogen) atoms. The van der Waals surface area contributed by atoms with Crippen LogP contribution in [-0.4, -0.2) is 43.9 Å². The molecule has 1 aliphatic heterocycles. The van der Waals surface area contributed by atoms with Gasteiger partial charge in [-0.2, -0.15) is 8.42 Å². The lowest BCUT2D eigenvalue weighted by Gasteiger charge is -2.32. The summed E-state index contributed by atoms with van der Waals surface area (Å²) in [6, 6.07) is 9.75. The largest absolute Gasteiger partial charge is 0.493 e. The number of nitrogens with one attached hydrogen (secondary N) is 1. The van der Waals surface area contributed by atoms with Crippen LogP contribution in [0.4, 0.5) is 5.69 Å². The molecule has 0 saturated carbocycles. The molecule has 10 nitrogen and oxygen atoms in total. The van der Waals surface area contributed by atoms with Gasteiger partial charge < -0.3 is 19.6 Å². The summed E-state index contributed by atoms with van der Waals surface area (Å²) in [6.07, 6.45) is 1.67. The highest BCUT2D eigenvalue weighted by molar-refractivity contribution is 7.87. The first-order valence-electron chi connectivity index (χ1n) is 9.67. The Kier molecular flexibility index (Phi) is 6.64. The van der Waals surface area contributed by atoms with Crippen LogP contribution in [0, 0.1) is 28.4 Å². The lowest BCUT2D eigenvalue weighted by atomic mass is 9.98. The Labute approximate surface area is 180 Å². The maximum absolute atomic E-state index is 12.6. The highest BCUT2D eigenvalue weighted by Gasteiger charge is 2.27. The van der Waals surface area contributed by atoms with Crippen LogP contribution in [0.25, 0.3) is 0 Å². The number of nitro benzene ring substituents is 1. The Hall–Kier alpha value is -3.34. The predicted molar refractivity (Wildman–Crippen MR) is 114 cm³/mol. The van der Waals surface area contributed by atoms with Crippen molar-refractivity contribution >= 4 is 21.8 Å². The summed E-state index contributed by atoms with van der Waals surface area (Å²) < 4.78 is 36.3. The summed E-state index contributed by atoms with van der Waals surface area (Å²) in [4.78, 5) is 11.7. The van der Waals surface area contributed by atoms with Gasteiger partial charge in [0.25, 0.3) is 5.69 Å². The second-order valence-corrected chi connectivity index (χ2v) is 8.89. The number of nitro groups is 1. The lowest BCUT2D eigenvalue weighted by Crippen LogP contribution is -2.43. The Balaban J connectivity index is 1.70. The van der Waals surface area contributed by atoms with Gasteiger partial charge in [0.05, 0.1) is 11.5 Å². The molecular weight excluding hydrogens is 424 g/mol. The molecule has 0 aliphatic carbocycles. The molecule has 2 aromatic carbocycles. The highest BCUT2D eigenvalue weighted by Crippen LogP contribution is 2.30. The molecule has 0 atom stereocenters. The number of aryl methyl sites for hydroxylation is 1. The fourth-order valence-electron chi connectivity index (χ4n) is 3.39. The molecule has 3 N–H and O–H groups in total. The van der Waals surface area contributed by atoms with Gasteiger partial charge in [0, 0.05) is 25.2 Å². The van der Waals surface area contributed by atoms with Crippen molar-refractivity contribution in [2.45, 2.75) is 24.7 Å². The monoisotopic (exact) mass is 448 g/mol. The number of piperidine rings is 1. The van der Waals surface area contributed by atoms with Gasteiger partial charge in [0.15, 0.2) is 10.9 Å². The molecule has 0 amide bonds. The third kappa shape index (κ3) is 5.63. The Morgan fingerprint density at radius 3 is 2.52 bits per heavy atom. The number of benzene rings is 2. The lowest BCUT2D eigenvalue weighted by molar-refractivity contribution is -0.387. The highest BCUT2D eigenvalue weighted by atomic mass is 32.2. The van der Waals surface area contributed by atoms with Crippen LogP contribution in [-0.2, 0) is 10.1 Å². The van der Waals surface area contributed by atoms with E-state index in [0.29, 0.717) is 25.4 Å². The minimum absolute atomic E-state index is 0.0135. The minimum Gasteiger partial charge on any atom is -0.493 e. The first-order chi connectivity index (χ1) is 14.7. The van der Waals surface area contributed by atoms with E-state index in [1.807, 2.05) is 4.90 Å². The van der Waals surface area contributed by atoms with Crippen molar-refractivity contribution in [1.29, 1.82) is 5.41 Å². The number of nitrogens with zero attached hydrogens (tertiary/aromatic N) is 2. The molecule has 1 fully saturated rings. The van der Waals surface area contributed by atoms with E-state index in [-0.39, 0.29) is 17.6 Å². The Morgan fingerprint density at radius 2 is 1.87 bits per heavy atom. The Morgan fingerprint density at radius 1 is 1.23 bits per heavy atom. The molecule has 3 rings (SSSR count). The number of para-hydroxylation sites is 1. The topological polar surface area (TPSA) is 149 Å². The SMILES string of the molecule is Cc1cc(OCC2CCN(C(=N)N)CC2)cc(OS(=O)(=O)c2ccccc2[N+](=O)[O-])c1. The van der Waals surface area contributed by atoms with Crippen LogP contribution in [0.2, 0.25) is 0 Å². The molecule has 1 saturated heterocycles. The average molecular weight is 449 g/mol. The van der Waals surface area contributed by atoms with Crippen LogP contribution >= 0.6 is 0 Å². The second-order valence-electron chi connectivity index (χ2n) is 7.37. The fourth-order valence-corrected chi connectivity index (χ4v) is 4.47. The van der Waals surface area contributed by atoms with E-state index >= 15 is 0 Å². The van der Waals surface area contributed by atoms with Gasteiger partial charge in [-0.3, -0.25) is 15.5 Å². The molecular formula is C20H24N4O6S. The smallest absolute Gasteiger partial charge is 0.346 e.